The van der Waals surface area contributed by atoms with Crippen LogP contribution in [0.25, 0.3) is 0 Å². The molecule has 0 aliphatic carbocycles. The molecule has 0 N–H and O–H groups in total. The number of hydrogen-bond donors (Lipinski definition) is 0. The number of rotatable bonds is 2. The van der Waals surface area contributed by atoms with Crippen LogP contribution in [-0.4, -0.2) is 17.5 Å². The third-order valence-corrected chi connectivity index (χ3v) is 3.17. The molecule has 0 saturated carbocycles. The second-order valence-corrected chi connectivity index (χ2v) is 4.72. The zero-order valence-corrected chi connectivity index (χ0v) is 10.4. The van der Waals surface area contributed by atoms with Gasteiger partial charge in [-0.15, -0.1) is 0 Å². The van der Waals surface area contributed by atoms with E-state index in [-0.39, 0.29) is 11.4 Å². The first-order valence-corrected chi connectivity index (χ1v) is 5.70. The first kappa shape index (κ1) is 11.7. The summed E-state index contributed by atoms with van der Waals surface area (Å²) >= 11 is 0. The lowest BCUT2D eigenvalue weighted by atomic mass is 9.92. The van der Waals surface area contributed by atoms with Gasteiger partial charge in [-0.3, -0.25) is 9.69 Å². The van der Waals surface area contributed by atoms with E-state index in [0.717, 1.165) is 5.56 Å². The predicted octanol–water partition coefficient (Wildman–Crippen LogP) is 2.64. The van der Waals surface area contributed by atoms with Crippen molar-refractivity contribution in [3.8, 4) is 0 Å². The van der Waals surface area contributed by atoms with Crippen molar-refractivity contribution in [3.63, 3.8) is 0 Å². The van der Waals surface area contributed by atoms with E-state index in [4.69, 9.17) is 4.74 Å². The summed E-state index contributed by atoms with van der Waals surface area (Å²) in [5.74, 6) is 0.678. The van der Waals surface area contributed by atoms with Gasteiger partial charge >= 0.3 is 0 Å². The Balaban J connectivity index is 2.31. The maximum atomic E-state index is 12.0. The number of amides is 1. The van der Waals surface area contributed by atoms with Crippen LogP contribution in [0.4, 0.5) is 0 Å². The minimum atomic E-state index is -0.366. The van der Waals surface area contributed by atoms with E-state index in [2.05, 4.69) is 0 Å². The smallest absolute Gasteiger partial charge is 0.253 e. The van der Waals surface area contributed by atoms with Gasteiger partial charge in [0.1, 0.15) is 5.76 Å². The molecule has 3 nitrogen and oxygen atoms in total. The molecule has 1 aromatic carbocycles. The van der Waals surface area contributed by atoms with Crippen LogP contribution in [0.15, 0.2) is 42.2 Å². The third-order valence-electron chi connectivity index (χ3n) is 3.17. The van der Waals surface area contributed by atoms with Gasteiger partial charge in [0, 0.05) is 6.08 Å². The SMILES string of the molecule is CC1=CC(=O)N(C(C)(C)c2ccccc2)CO1. The molecule has 0 radical (unpaired) electrons. The summed E-state index contributed by atoms with van der Waals surface area (Å²) in [6, 6.07) is 9.98. The van der Waals surface area contributed by atoms with Crippen LogP contribution in [0.1, 0.15) is 26.3 Å². The Morgan fingerprint density at radius 3 is 2.47 bits per heavy atom. The highest BCUT2D eigenvalue weighted by atomic mass is 16.5. The van der Waals surface area contributed by atoms with E-state index in [1.54, 1.807) is 11.8 Å². The molecular weight excluding hydrogens is 214 g/mol. The average Bonchev–Trinajstić information content (AvgIpc) is 2.29. The van der Waals surface area contributed by atoms with Gasteiger partial charge in [-0.05, 0) is 26.3 Å². The van der Waals surface area contributed by atoms with Gasteiger partial charge in [0.2, 0.25) is 0 Å². The molecule has 1 heterocycles. The van der Waals surface area contributed by atoms with E-state index in [1.807, 2.05) is 44.2 Å². The quantitative estimate of drug-likeness (QED) is 0.783. The van der Waals surface area contributed by atoms with Crippen LogP contribution in [0.5, 0.6) is 0 Å². The zero-order valence-electron chi connectivity index (χ0n) is 10.4. The second kappa shape index (κ2) is 4.24. The largest absolute Gasteiger partial charge is 0.477 e. The summed E-state index contributed by atoms with van der Waals surface area (Å²) < 4.78 is 5.43. The molecule has 3 heteroatoms. The molecule has 1 aliphatic heterocycles. The topological polar surface area (TPSA) is 29.5 Å². The zero-order chi connectivity index (χ0) is 12.5. The van der Waals surface area contributed by atoms with Crippen molar-refractivity contribution >= 4 is 5.91 Å². The number of nitrogens with zero attached hydrogens (tertiary/aromatic N) is 1. The highest BCUT2D eigenvalue weighted by Crippen LogP contribution is 2.29. The number of benzene rings is 1. The molecular formula is C14H17NO2. The van der Waals surface area contributed by atoms with Crippen LogP contribution in [0.2, 0.25) is 0 Å². The fourth-order valence-electron chi connectivity index (χ4n) is 1.96. The summed E-state index contributed by atoms with van der Waals surface area (Å²) in [6.45, 7) is 6.16. The molecule has 0 atom stereocenters. The Kier molecular flexibility index (Phi) is 2.92. The van der Waals surface area contributed by atoms with Crippen molar-refractivity contribution in [3.05, 3.63) is 47.7 Å². The van der Waals surface area contributed by atoms with Crippen LogP contribution in [-0.2, 0) is 15.1 Å². The first-order valence-electron chi connectivity index (χ1n) is 5.70. The predicted molar refractivity (Wildman–Crippen MR) is 66.0 cm³/mol. The summed E-state index contributed by atoms with van der Waals surface area (Å²) in [5, 5.41) is 0. The van der Waals surface area contributed by atoms with Crippen LogP contribution in [0.3, 0.4) is 0 Å². The van der Waals surface area contributed by atoms with E-state index >= 15 is 0 Å². The first-order chi connectivity index (χ1) is 8.01. The summed E-state index contributed by atoms with van der Waals surface area (Å²) in [6.07, 6.45) is 1.54. The normalized spacial score (nSPS) is 16.5. The van der Waals surface area contributed by atoms with Crippen molar-refractivity contribution < 1.29 is 9.53 Å². The van der Waals surface area contributed by atoms with Gasteiger partial charge in [-0.2, -0.15) is 0 Å². The monoisotopic (exact) mass is 231 g/mol. The van der Waals surface area contributed by atoms with Crippen molar-refractivity contribution in [1.29, 1.82) is 0 Å². The molecule has 2 rings (SSSR count). The Morgan fingerprint density at radius 1 is 1.24 bits per heavy atom. The van der Waals surface area contributed by atoms with E-state index in [9.17, 15) is 4.79 Å². The van der Waals surface area contributed by atoms with Gasteiger partial charge < -0.3 is 4.74 Å². The summed E-state index contributed by atoms with van der Waals surface area (Å²) in [5.41, 5.74) is 0.736. The van der Waals surface area contributed by atoms with Crippen LogP contribution in [0, 0.1) is 0 Å². The Bertz CT molecular complexity index is 449. The maximum Gasteiger partial charge on any atom is 0.253 e. The standard InChI is InChI=1S/C14H17NO2/c1-11-9-13(16)15(10-17-11)14(2,3)12-7-5-4-6-8-12/h4-9H,10H2,1-3H3. The number of carbonyl (C=O) groups excluding carboxylic acids is 1. The van der Waals surface area contributed by atoms with Crippen LogP contribution < -0.4 is 0 Å². The van der Waals surface area contributed by atoms with Gasteiger partial charge in [-0.25, -0.2) is 0 Å². The lowest BCUT2D eigenvalue weighted by molar-refractivity contribution is -0.141. The molecule has 0 aromatic heterocycles. The highest BCUT2D eigenvalue weighted by Gasteiger charge is 2.33. The lowest BCUT2D eigenvalue weighted by Gasteiger charge is -2.40. The van der Waals surface area contributed by atoms with E-state index in [0.29, 0.717) is 12.5 Å². The molecule has 90 valence electrons. The number of carbonyl (C=O) groups is 1. The molecule has 1 aliphatic rings. The second-order valence-electron chi connectivity index (χ2n) is 4.72. The minimum absolute atomic E-state index is 0.00241. The van der Waals surface area contributed by atoms with Gasteiger partial charge in [-0.1, -0.05) is 30.3 Å². The molecule has 1 amide bonds. The van der Waals surface area contributed by atoms with Gasteiger partial charge in [0.15, 0.2) is 6.73 Å². The fourth-order valence-corrected chi connectivity index (χ4v) is 1.96. The molecule has 0 unspecified atom stereocenters. The van der Waals surface area contributed by atoms with Gasteiger partial charge in [0.05, 0.1) is 5.54 Å². The van der Waals surface area contributed by atoms with Crippen molar-refractivity contribution in [2.45, 2.75) is 26.3 Å². The fraction of sp³-hybridized carbons (Fsp3) is 0.357. The van der Waals surface area contributed by atoms with E-state index in [1.165, 1.54) is 6.08 Å². The molecule has 0 fully saturated rings. The molecule has 0 saturated heterocycles. The molecule has 0 bridgehead atoms. The minimum Gasteiger partial charge on any atom is -0.477 e. The summed E-state index contributed by atoms with van der Waals surface area (Å²) in [4.78, 5) is 13.7. The number of hydrogen-bond acceptors (Lipinski definition) is 2. The number of allylic oxidation sites excluding steroid dienone is 1. The Hall–Kier alpha value is -1.77. The van der Waals surface area contributed by atoms with Crippen molar-refractivity contribution in [1.82, 2.24) is 4.90 Å². The Labute approximate surface area is 102 Å². The summed E-state index contributed by atoms with van der Waals surface area (Å²) in [7, 11) is 0. The van der Waals surface area contributed by atoms with Crippen molar-refractivity contribution in [2.75, 3.05) is 6.73 Å². The number of ether oxygens (including phenoxy) is 1. The third kappa shape index (κ3) is 2.18. The lowest BCUT2D eigenvalue weighted by Crippen LogP contribution is -2.47. The van der Waals surface area contributed by atoms with Gasteiger partial charge in [0.25, 0.3) is 5.91 Å². The molecule has 1 aromatic rings. The van der Waals surface area contributed by atoms with Crippen LogP contribution >= 0.6 is 0 Å². The Morgan fingerprint density at radius 2 is 1.88 bits per heavy atom. The van der Waals surface area contributed by atoms with Crippen molar-refractivity contribution in [2.24, 2.45) is 0 Å². The average molecular weight is 231 g/mol. The highest BCUT2D eigenvalue weighted by molar-refractivity contribution is 5.89. The molecule has 17 heavy (non-hydrogen) atoms. The molecule has 0 spiro atoms. The van der Waals surface area contributed by atoms with E-state index < -0.39 is 0 Å². The maximum absolute atomic E-state index is 12.0.